The van der Waals surface area contributed by atoms with Crippen LogP contribution in [0.1, 0.15) is 5.56 Å². The smallest absolute Gasteiger partial charge is 0.416 e. The van der Waals surface area contributed by atoms with E-state index in [0.717, 1.165) is 17.0 Å². The molecule has 0 saturated carbocycles. The Labute approximate surface area is 195 Å². The van der Waals surface area contributed by atoms with Crippen molar-refractivity contribution in [3.63, 3.8) is 0 Å². The molecule has 7 nitrogen and oxygen atoms in total. The average Bonchev–Trinajstić information content (AvgIpc) is 2.82. The number of hydrogen-bond donors (Lipinski definition) is 2. The molecular formula is C23H22F3N3O4S. The molecule has 0 fully saturated rings. The maximum absolute atomic E-state index is 13.2. The van der Waals surface area contributed by atoms with Crippen LogP contribution >= 0.6 is 0 Å². The van der Waals surface area contributed by atoms with E-state index in [2.05, 4.69) is 10.0 Å². The third-order valence-corrected chi connectivity index (χ3v) is 6.23. The van der Waals surface area contributed by atoms with Crippen LogP contribution in [0, 0.1) is 0 Å². The molecule has 0 atom stereocenters. The molecule has 3 aromatic rings. The van der Waals surface area contributed by atoms with Crippen molar-refractivity contribution in [2.45, 2.75) is 11.1 Å². The number of para-hydroxylation sites is 1. The minimum Gasteiger partial charge on any atom is -0.497 e. The van der Waals surface area contributed by atoms with Gasteiger partial charge in [-0.15, -0.1) is 0 Å². The lowest BCUT2D eigenvalue weighted by molar-refractivity contribution is -0.137. The zero-order chi connectivity index (χ0) is 24.8. The highest BCUT2D eigenvalue weighted by atomic mass is 32.2. The SMILES string of the molecule is COc1ccc(S(=O)(=O)NCCN(C(=O)Nc2ccccc2)c2cccc(C(F)(F)F)c2)cc1. The second-order valence-corrected chi connectivity index (χ2v) is 8.84. The van der Waals surface area contributed by atoms with Crippen LogP contribution in [-0.4, -0.2) is 34.6 Å². The largest absolute Gasteiger partial charge is 0.497 e. The highest BCUT2D eigenvalue weighted by molar-refractivity contribution is 7.89. The first-order chi connectivity index (χ1) is 16.1. The van der Waals surface area contributed by atoms with Crippen LogP contribution in [0.3, 0.4) is 0 Å². The minimum absolute atomic E-state index is 0.0207. The van der Waals surface area contributed by atoms with Crippen LogP contribution in [-0.2, 0) is 16.2 Å². The zero-order valence-corrected chi connectivity index (χ0v) is 18.9. The predicted molar refractivity (Wildman–Crippen MR) is 122 cm³/mol. The van der Waals surface area contributed by atoms with Crippen LogP contribution < -0.4 is 19.7 Å². The molecule has 0 heterocycles. The van der Waals surface area contributed by atoms with E-state index in [4.69, 9.17) is 4.74 Å². The van der Waals surface area contributed by atoms with E-state index in [-0.39, 0.29) is 23.7 Å². The molecule has 11 heteroatoms. The van der Waals surface area contributed by atoms with E-state index in [1.807, 2.05) is 0 Å². The number of urea groups is 1. The van der Waals surface area contributed by atoms with Crippen molar-refractivity contribution in [3.8, 4) is 5.75 Å². The quantitative estimate of drug-likeness (QED) is 0.475. The Hall–Kier alpha value is -3.57. The molecule has 2 N–H and O–H groups in total. The number of alkyl halides is 3. The molecule has 34 heavy (non-hydrogen) atoms. The Morgan fingerprint density at radius 1 is 0.971 bits per heavy atom. The van der Waals surface area contributed by atoms with Crippen LogP contribution in [0.25, 0.3) is 0 Å². The summed E-state index contributed by atoms with van der Waals surface area (Å²) in [5, 5.41) is 2.61. The first-order valence-corrected chi connectivity index (χ1v) is 11.5. The lowest BCUT2D eigenvalue weighted by Crippen LogP contribution is -2.41. The van der Waals surface area contributed by atoms with Crippen molar-refractivity contribution < 1.29 is 31.1 Å². The molecular weight excluding hydrogens is 471 g/mol. The van der Waals surface area contributed by atoms with Crippen LogP contribution in [0.4, 0.5) is 29.3 Å². The van der Waals surface area contributed by atoms with Gasteiger partial charge in [0.1, 0.15) is 5.75 Å². The Bertz CT molecular complexity index is 1220. The van der Waals surface area contributed by atoms with Gasteiger partial charge in [-0.3, -0.25) is 4.90 Å². The predicted octanol–water partition coefficient (Wildman–Crippen LogP) is 4.73. The van der Waals surface area contributed by atoms with Crippen LogP contribution in [0.5, 0.6) is 5.75 Å². The van der Waals surface area contributed by atoms with Crippen molar-refractivity contribution in [1.82, 2.24) is 4.72 Å². The number of carbonyl (C=O) groups excluding carboxylic acids is 1. The number of sulfonamides is 1. The van der Waals surface area contributed by atoms with E-state index < -0.39 is 27.8 Å². The molecule has 0 unspecified atom stereocenters. The van der Waals surface area contributed by atoms with Gasteiger partial charge in [0.05, 0.1) is 17.6 Å². The van der Waals surface area contributed by atoms with E-state index >= 15 is 0 Å². The summed E-state index contributed by atoms with van der Waals surface area (Å²) in [6.07, 6.45) is -4.60. The number of hydrogen-bond acceptors (Lipinski definition) is 4. The normalized spacial score (nSPS) is 11.6. The molecule has 0 aliphatic rings. The number of halogens is 3. The second-order valence-electron chi connectivity index (χ2n) is 7.07. The van der Waals surface area contributed by atoms with E-state index in [1.54, 1.807) is 30.3 Å². The van der Waals surface area contributed by atoms with Gasteiger partial charge in [0.2, 0.25) is 10.0 Å². The molecule has 0 saturated heterocycles. The van der Waals surface area contributed by atoms with Crippen LogP contribution in [0.15, 0.2) is 83.8 Å². The number of amides is 2. The number of benzene rings is 3. The maximum atomic E-state index is 13.2. The average molecular weight is 494 g/mol. The standard InChI is InChI=1S/C23H22F3N3O4S/c1-33-20-10-12-21(13-11-20)34(31,32)27-14-15-29(22(30)28-18-7-3-2-4-8-18)19-9-5-6-17(16-19)23(24,25)26/h2-13,16,27H,14-15H2,1H3,(H,28,30). The number of nitrogens with zero attached hydrogens (tertiary/aromatic N) is 1. The van der Waals surface area contributed by atoms with E-state index in [1.165, 1.54) is 43.5 Å². The molecule has 0 aliphatic heterocycles. The molecule has 3 aromatic carbocycles. The maximum Gasteiger partial charge on any atom is 0.416 e. The van der Waals surface area contributed by atoms with Crippen molar-refractivity contribution >= 4 is 27.4 Å². The summed E-state index contributed by atoms with van der Waals surface area (Å²) in [6.45, 7) is -0.470. The third-order valence-electron chi connectivity index (χ3n) is 4.75. The summed E-state index contributed by atoms with van der Waals surface area (Å²) in [5.41, 5.74) is -0.531. The summed E-state index contributed by atoms with van der Waals surface area (Å²) in [5.74, 6) is 0.479. The van der Waals surface area contributed by atoms with Crippen molar-refractivity contribution in [2.24, 2.45) is 0 Å². The van der Waals surface area contributed by atoms with Crippen molar-refractivity contribution in [1.29, 1.82) is 0 Å². The summed E-state index contributed by atoms with van der Waals surface area (Å²) >= 11 is 0. The molecule has 3 rings (SSSR count). The Kier molecular flexibility index (Phi) is 7.79. The lowest BCUT2D eigenvalue weighted by Gasteiger charge is -2.24. The van der Waals surface area contributed by atoms with Gasteiger partial charge in [0.25, 0.3) is 0 Å². The fourth-order valence-electron chi connectivity index (χ4n) is 3.04. The number of carbonyl (C=O) groups is 1. The van der Waals surface area contributed by atoms with Gasteiger partial charge in [-0.25, -0.2) is 17.9 Å². The van der Waals surface area contributed by atoms with Gasteiger partial charge in [-0.1, -0.05) is 24.3 Å². The van der Waals surface area contributed by atoms with Gasteiger partial charge in [-0.05, 0) is 54.6 Å². The van der Waals surface area contributed by atoms with Crippen LogP contribution in [0.2, 0.25) is 0 Å². The molecule has 0 aromatic heterocycles. The third kappa shape index (κ3) is 6.49. The Morgan fingerprint density at radius 2 is 1.65 bits per heavy atom. The molecule has 0 aliphatic carbocycles. The highest BCUT2D eigenvalue weighted by Gasteiger charge is 2.31. The Balaban J connectivity index is 1.80. The monoisotopic (exact) mass is 493 g/mol. The van der Waals surface area contributed by atoms with E-state index in [0.29, 0.717) is 11.4 Å². The highest BCUT2D eigenvalue weighted by Crippen LogP contribution is 2.31. The van der Waals surface area contributed by atoms with Gasteiger partial charge in [-0.2, -0.15) is 13.2 Å². The summed E-state index contributed by atoms with van der Waals surface area (Å²) in [4.78, 5) is 13.9. The van der Waals surface area contributed by atoms with Gasteiger partial charge >= 0.3 is 12.2 Å². The molecule has 2 amide bonds. The second kappa shape index (κ2) is 10.6. The number of nitrogens with one attached hydrogen (secondary N) is 2. The van der Waals surface area contributed by atoms with Crippen molar-refractivity contribution in [3.05, 3.63) is 84.4 Å². The summed E-state index contributed by atoms with van der Waals surface area (Å²) in [7, 11) is -2.47. The summed E-state index contributed by atoms with van der Waals surface area (Å²) in [6, 6.07) is 17.6. The van der Waals surface area contributed by atoms with Gasteiger partial charge < -0.3 is 10.1 Å². The fourth-order valence-corrected chi connectivity index (χ4v) is 4.06. The molecule has 180 valence electrons. The van der Waals surface area contributed by atoms with Crippen molar-refractivity contribution in [2.75, 3.05) is 30.4 Å². The molecule has 0 bridgehead atoms. The number of anilines is 2. The lowest BCUT2D eigenvalue weighted by atomic mass is 10.2. The molecule has 0 radical (unpaired) electrons. The van der Waals surface area contributed by atoms with Gasteiger partial charge in [0, 0.05) is 24.5 Å². The first kappa shape index (κ1) is 25.1. The van der Waals surface area contributed by atoms with E-state index in [9.17, 15) is 26.4 Å². The first-order valence-electron chi connectivity index (χ1n) is 10.0. The fraction of sp³-hybridized carbons (Fsp3) is 0.174. The van der Waals surface area contributed by atoms with Gasteiger partial charge in [0.15, 0.2) is 0 Å². The minimum atomic E-state index is -4.60. The summed E-state index contributed by atoms with van der Waals surface area (Å²) < 4.78 is 72.2. The Morgan fingerprint density at radius 3 is 2.26 bits per heavy atom. The number of methoxy groups -OCH3 is 1. The number of rotatable bonds is 8. The number of ether oxygens (including phenoxy) is 1. The topological polar surface area (TPSA) is 87.7 Å². The zero-order valence-electron chi connectivity index (χ0n) is 18.0. The molecule has 0 spiro atoms.